The molecule has 2 aromatic rings. The van der Waals surface area contributed by atoms with Crippen LogP contribution >= 0.6 is 11.3 Å². The second-order valence-corrected chi connectivity index (χ2v) is 7.04. The summed E-state index contributed by atoms with van der Waals surface area (Å²) in [5.74, 6) is 1.64. The molecule has 0 radical (unpaired) electrons. The Balaban J connectivity index is 2.09. The summed E-state index contributed by atoms with van der Waals surface area (Å²) in [6.07, 6.45) is 1.16. The Morgan fingerprint density at radius 3 is 2.71 bits per heavy atom. The molecular weight excluding hydrogens is 320 g/mol. The van der Waals surface area contributed by atoms with Crippen molar-refractivity contribution in [2.75, 3.05) is 40.4 Å². The topological polar surface area (TPSA) is 33.7 Å². The molecule has 1 aliphatic rings. The minimum Gasteiger partial charge on any atom is -0.493 e. The van der Waals surface area contributed by atoms with Gasteiger partial charge in [-0.2, -0.15) is 0 Å². The molecule has 0 aliphatic carbocycles. The fourth-order valence-electron chi connectivity index (χ4n) is 3.42. The van der Waals surface area contributed by atoms with E-state index in [0.717, 1.165) is 44.1 Å². The zero-order valence-corrected chi connectivity index (χ0v) is 15.5. The van der Waals surface area contributed by atoms with Crippen LogP contribution in [0.15, 0.2) is 29.6 Å². The number of nitrogens with one attached hydrogen (secondary N) is 1. The Kier molecular flexibility index (Phi) is 5.76. The van der Waals surface area contributed by atoms with Crippen molar-refractivity contribution in [2.45, 2.75) is 19.4 Å². The fraction of sp³-hybridized carbons (Fsp3) is 0.474. The van der Waals surface area contributed by atoms with E-state index in [0.29, 0.717) is 0 Å². The number of rotatable bonds is 5. The molecule has 1 aliphatic heterocycles. The van der Waals surface area contributed by atoms with Crippen LogP contribution in [0.4, 0.5) is 0 Å². The summed E-state index contributed by atoms with van der Waals surface area (Å²) in [5, 5.41) is 5.68. The number of para-hydroxylation sites is 1. The number of nitrogens with zero attached hydrogens (tertiary/aromatic N) is 1. The maximum Gasteiger partial charge on any atom is 0.165 e. The van der Waals surface area contributed by atoms with Gasteiger partial charge in [0.05, 0.1) is 20.3 Å². The SMILES string of the molecule is COc1cccc(C(c2sccc2C)N2CCCNCC2)c1OC. The summed E-state index contributed by atoms with van der Waals surface area (Å²) in [7, 11) is 3.42. The van der Waals surface area contributed by atoms with Gasteiger partial charge in [0.2, 0.25) is 0 Å². The average molecular weight is 346 g/mol. The number of ether oxygens (including phenoxy) is 2. The van der Waals surface area contributed by atoms with Crippen molar-refractivity contribution in [3.63, 3.8) is 0 Å². The first-order chi connectivity index (χ1) is 11.8. The molecular formula is C19H26N2O2S. The highest BCUT2D eigenvalue weighted by molar-refractivity contribution is 7.10. The zero-order chi connectivity index (χ0) is 16.9. The normalized spacial score (nSPS) is 17.3. The molecule has 1 fully saturated rings. The van der Waals surface area contributed by atoms with Gasteiger partial charge in [-0.3, -0.25) is 4.90 Å². The number of benzene rings is 1. The lowest BCUT2D eigenvalue weighted by Crippen LogP contribution is -2.33. The molecule has 5 heteroatoms. The highest BCUT2D eigenvalue weighted by Crippen LogP contribution is 2.42. The molecule has 1 aromatic heterocycles. The van der Waals surface area contributed by atoms with E-state index in [9.17, 15) is 0 Å². The van der Waals surface area contributed by atoms with Crippen molar-refractivity contribution < 1.29 is 9.47 Å². The quantitative estimate of drug-likeness (QED) is 0.899. The van der Waals surface area contributed by atoms with Crippen LogP contribution in [-0.4, -0.2) is 45.3 Å². The Hall–Kier alpha value is -1.56. The largest absolute Gasteiger partial charge is 0.493 e. The Morgan fingerprint density at radius 2 is 2.00 bits per heavy atom. The molecule has 24 heavy (non-hydrogen) atoms. The minimum absolute atomic E-state index is 0.204. The van der Waals surface area contributed by atoms with Crippen molar-refractivity contribution in [2.24, 2.45) is 0 Å². The van der Waals surface area contributed by atoms with Crippen LogP contribution in [0.25, 0.3) is 0 Å². The summed E-state index contributed by atoms with van der Waals surface area (Å²) in [5.41, 5.74) is 2.52. The van der Waals surface area contributed by atoms with Gasteiger partial charge in [-0.05, 0) is 43.0 Å². The monoisotopic (exact) mass is 346 g/mol. The molecule has 1 aromatic carbocycles. The molecule has 2 heterocycles. The number of aryl methyl sites for hydroxylation is 1. The van der Waals surface area contributed by atoms with E-state index < -0.39 is 0 Å². The standard InChI is InChI=1S/C19H26N2O2S/c1-14-8-13-24-19(14)17(21-11-5-9-20-10-12-21)15-6-4-7-16(22-2)18(15)23-3/h4,6-8,13,17,20H,5,9-12H2,1-3H3. The van der Waals surface area contributed by atoms with Crippen molar-refractivity contribution >= 4 is 11.3 Å². The second-order valence-electron chi connectivity index (χ2n) is 6.09. The molecule has 1 atom stereocenters. The summed E-state index contributed by atoms with van der Waals surface area (Å²) >= 11 is 1.83. The molecule has 1 N–H and O–H groups in total. The molecule has 3 rings (SSSR count). The number of methoxy groups -OCH3 is 2. The average Bonchev–Trinajstić information content (AvgIpc) is 2.86. The van der Waals surface area contributed by atoms with E-state index in [1.807, 2.05) is 17.4 Å². The van der Waals surface area contributed by atoms with E-state index >= 15 is 0 Å². The van der Waals surface area contributed by atoms with E-state index in [4.69, 9.17) is 9.47 Å². The van der Waals surface area contributed by atoms with Crippen LogP contribution in [-0.2, 0) is 0 Å². The van der Waals surface area contributed by atoms with Crippen LogP contribution in [0, 0.1) is 6.92 Å². The first kappa shape index (κ1) is 17.3. The first-order valence-corrected chi connectivity index (χ1v) is 9.34. The van der Waals surface area contributed by atoms with Gasteiger partial charge in [0.1, 0.15) is 0 Å². The maximum absolute atomic E-state index is 5.75. The van der Waals surface area contributed by atoms with Gasteiger partial charge in [0.25, 0.3) is 0 Å². The van der Waals surface area contributed by atoms with Crippen molar-refractivity contribution in [1.82, 2.24) is 10.2 Å². The van der Waals surface area contributed by atoms with Crippen LogP contribution in [0.2, 0.25) is 0 Å². The molecule has 1 unspecified atom stereocenters. The van der Waals surface area contributed by atoms with Crippen LogP contribution < -0.4 is 14.8 Å². The molecule has 4 nitrogen and oxygen atoms in total. The Labute approximate surface area is 148 Å². The van der Waals surface area contributed by atoms with Gasteiger partial charge in [-0.25, -0.2) is 0 Å². The smallest absolute Gasteiger partial charge is 0.165 e. The molecule has 0 amide bonds. The van der Waals surface area contributed by atoms with Crippen molar-refractivity contribution in [1.29, 1.82) is 0 Å². The predicted octanol–water partition coefficient (Wildman–Crippen LogP) is 3.46. The zero-order valence-electron chi connectivity index (χ0n) is 14.7. The van der Waals surface area contributed by atoms with Gasteiger partial charge in [0.15, 0.2) is 11.5 Å². The summed E-state index contributed by atoms with van der Waals surface area (Å²) < 4.78 is 11.3. The van der Waals surface area contributed by atoms with Gasteiger partial charge >= 0.3 is 0 Å². The van der Waals surface area contributed by atoms with Crippen LogP contribution in [0.5, 0.6) is 11.5 Å². The van der Waals surface area contributed by atoms with Crippen molar-refractivity contribution in [3.05, 3.63) is 45.6 Å². The van der Waals surface area contributed by atoms with Crippen LogP contribution in [0.1, 0.15) is 28.5 Å². The van der Waals surface area contributed by atoms with E-state index in [2.05, 4.69) is 40.7 Å². The van der Waals surface area contributed by atoms with Gasteiger partial charge in [-0.15, -0.1) is 11.3 Å². The summed E-state index contributed by atoms with van der Waals surface area (Å²) in [4.78, 5) is 3.96. The molecule has 0 saturated carbocycles. The Bertz CT molecular complexity index is 663. The molecule has 0 spiro atoms. The third-order valence-electron chi connectivity index (χ3n) is 4.62. The fourth-order valence-corrected chi connectivity index (χ4v) is 4.50. The lowest BCUT2D eigenvalue weighted by molar-refractivity contribution is 0.237. The summed E-state index contributed by atoms with van der Waals surface area (Å²) in [6, 6.07) is 8.60. The highest BCUT2D eigenvalue weighted by Gasteiger charge is 2.29. The molecule has 0 bridgehead atoms. The van der Waals surface area contributed by atoms with E-state index in [1.54, 1.807) is 14.2 Å². The number of thiophene rings is 1. The van der Waals surface area contributed by atoms with Gasteiger partial charge < -0.3 is 14.8 Å². The number of hydrogen-bond donors (Lipinski definition) is 1. The third kappa shape index (κ3) is 3.43. The molecule has 1 saturated heterocycles. The van der Waals surface area contributed by atoms with Gasteiger partial charge in [-0.1, -0.05) is 12.1 Å². The lowest BCUT2D eigenvalue weighted by Gasteiger charge is -2.32. The summed E-state index contributed by atoms with van der Waals surface area (Å²) in [6.45, 7) is 6.41. The number of hydrogen-bond acceptors (Lipinski definition) is 5. The Morgan fingerprint density at radius 1 is 1.12 bits per heavy atom. The highest BCUT2D eigenvalue weighted by atomic mass is 32.1. The predicted molar refractivity (Wildman–Crippen MR) is 99.5 cm³/mol. The lowest BCUT2D eigenvalue weighted by atomic mass is 9.99. The third-order valence-corrected chi connectivity index (χ3v) is 5.69. The van der Waals surface area contributed by atoms with Crippen molar-refractivity contribution in [3.8, 4) is 11.5 Å². The van der Waals surface area contributed by atoms with E-state index in [1.165, 1.54) is 16.0 Å². The molecule has 130 valence electrons. The van der Waals surface area contributed by atoms with Gasteiger partial charge in [0, 0.05) is 30.1 Å². The van der Waals surface area contributed by atoms with Crippen LogP contribution in [0.3, 0.4) is 0 Å². The van der Waals surface area contributed by atoms with E-state index in [-0.39, 0.29) is 6.04 Å². The maximum atomic E-state index is 5.75. The second kappa shape index (κ2) is 8.01. The first-order valence-electron chi connectivity index (χ1n) is 8.46. The minimum atomic E-state index is 0.204.